The van der Waals surface area contributed by atoms with Crippen molar-refractivity contribution < 1.29 is 5.21 Å². The fraction of sp³-hybridized carbons (Fsp3) is 0. The summed E-state index contributed by atoms with van der Waals surface area (Å²) in [5.41, 5.74) is 2.73. The Kier molecular flexibility index (Phi) is 2.16. The standard InChI is InChI=1S/C16H10N2O2/c19-17-15-11-5-1-3-9-7-8-10-4-2-6-12(16(15)18-20)14(10)13(9)11/h1-8,17,19H. The molecule has 0 saturated heterocycles. The zero-order chi connectivity index (χ0) is 13.7. The lowest BCUT2D eigenvalue weighted by molar-refractivity contribution is 0.390. The molecular weight excluding hydrogens is 252 g/mol. The van der Waals surface area contributed by atoms with Crippen LogP contribution < -0.4 is 5.48 Å². The van der Waals surface area contributed by atoms with Crippen LogP contribution in [0.4, 0.5) is 11.4 Å². The zero-order valence-corrected chi connectivity index (χ0v) is 10.4. The van der Waals surface area contributed by atoms with Crippen molar-refractivity contribution in [3.05, 3.63) is 53.4 Å². The van der Waals surface area contributed by atoms with Crippen LogP contribution in [0, 0.1) is 4.91 Å². The number of hydrogen-bond donors (Lipinski definition) is 2. The molecule has 0 aromatic heterocycles. The summed E-state index contributed by atoms with van der Waals surface area (Å²) in [6.07, 6.45) is 0. The first-order valence-electron chi connectivity index (χ1n) is 6.28. The number of benzene rings is 4. The van der Waals surface area contributed by atoms with E-state index in [1.807, 2.05) is 48.5 Å². The molecule has 0 unspecified atom stereocenters. The highest BCUT2D eigenvalue weighted by atomic mass is 16.5. The summed E-state index contributed by atoms with van der Waals surface area (Å²) in [5, 5.41) is 18.2. The first-order chi connectivity index (χ1) is 9.85. The lowest BCUT2D eigenvalue weighted by Gasteiger charge is -2.15. The molecule has 20 heavy (non-hydrogen) atoms. The van der Waals surface area contributed by atoms with Gasteiger partial charge in [0, 0.05) is 10.8 Å². The van der Waals surface area contributed by atoms with E-state index in [2.05, 4.69) is 10.7 Å². The molecule has 4 nitrogen and oxygen atoms in total. The predicted molar refractivity (Wildman–Crippen MR) is 81.0 cm³/mol. The Morgan fingerprint density at radius 3 is 2.05 bits per heavy atom. The average Bonchev–Trinajstić information content (AvgIpc) is 2.51. The Labute approximate surface area is 113 Å². The number of nitrogens with one attached hydrogen (secondary N) is 1. The molecule has 0 saturated carbocycles. The van der Waals surface area contributed by atoms with Crippen LogP contribution in [0.15, 0.2) is 53.7 Å². The molecule has 96 valence electrons. The van der Waals surface area contributed by atoms with E-state index < -0.39 is 0 Å². The summed E-state index contributed by atoms with van der Waals surface area (Å²) < 4.78 is 0. The molecule has 0 heterocycles. The van der Waals surface area contributed by atoms with Gasteiger partial charge in [-0.3, -0.25) is 10.7 Å². The van der Waals surface area contributed by atoms with Crippen LogP contribution in [0.2, 0.25) is 0 Å². The summed E-state index contributed by atoms with van der Waals surface area (Å²) >= 11 is 0. The fourth-order valence-corrected chi connectivity index (χ4v) is 3.03. The van der Waals surface area contributed by atoms with Gasteiger partial charge in [0.2, 0.25) is 0 Å². The third kappa shape index (κ3) is 1.23. The van der Waals surface area contributed by atoms with Crippen molar-refractivity contribution in [2.24, 2.45) is 5.18 Å². The largest absolute Gasteiger partial charge is 0.291 e. The monoisotopic (exact) mass is 262 g/mol. The van der Waals surface area contributed by atoms with E-state index in [9.17, 15) is 10.1 Å². The molecule has 0 fully saturated rings. The van der Waals surface area contributed by atoms with Gasteiger partial charge in [-0.2, -0.15) is 0 Å². The molecule has 0 radical (unpaired) electrons. The molecule has 0 amide bonds. The highest BCUT2D eigenvalue weighted by molar-refractivity contribution is 6.29. The van der Waals surface area contributed by atoms with Crippen LogP contribution in [0.3, 0.4) is 0 Å². The number of hydrogen-bond acceptors (Lipinski definition) is 4. The minimum absolute atomic E-state index is 0.240. The molecule has 4 rings (SSSR count). The van der Waals surface area contributed by atoms with Crippen molar-refractivity contribution in [2.45, 2.75) is 0 Å². The van der Waals surface area contributed by atoms with E-state index in [1.54, 1.807) is 0 Å². The second-order valence-electron chi connectivity index (χ2n) is 4.80. The normalized spacial score (nSPS) is 11.4. The fourth-order valence-electron chi connectivity index (χ4n) is 3.03. The number of nitroso groups, excluding NO2 is 1. The number of anilines is 1. The third-order valence-corrected chi connectivity index (χ3v) is 3.85. The van der Waals surface area contributed by atoms with Crippen LogP contribution in [0.1, 0.15) is 0 Å². The zero-order valence-electron chi connectivity index (χ0n) is 10.4. The van der Waals surface area contributed by atoms with Gasteiger partial charge >= 0.3 is 0 Å². The van der Waals surface area contributed by atoms with Crippen molar-refractivity contribution in [1.29, 1.82) is 0 Å². The lowest BCUT2D eigenvalue weighted by atomic mass is 9.92. The molecule has 0 aliphatic carbocycles. The van der Waals surface area contributed by atoms with Gasteiger partial charge in [0.25, 0.3) is 0 Å². The molecule has 2 N–H and O–H groups in total. The Hall–Kier alpha value is -2.72. The van der Waals surface area contributed by atoms with Crippen molar-refractivity contribution >= 4 is 43.7 Å². The minimum Gasteiger partial charge on any atom is -0.291 e. The summed E-state index contributed by atoms with van der Waals surface area (Å²) in [7, 11) is 0. The smallest absolute Gasteiger partial charge is 0.141 e. The van der Waals surface area contributed by atoms with E-state index in [4.69, 9.17) is 0 Å². The topological polar surface area (TPSA) is 61.7 Å². The van der Waals surface area contributed by atoms with E-state index >= 15 is 0 Å². The molecule has 0 aliphatic heterocycles. The molecule has 0 aliphatic rings. The van der Waals surface area contributed by atoms with Crippen molar-refractivity contribution in [1.82, 2.24) is 0 Å². The van der Waals surface area contributed by atoms with Gasteiger partial charge in [-0.25, -0.2) is 0 Å². The van der Waals surface area contributed by atoms with Gasteiger partial charge in [0.05, 0.1) is 5.69 Å². The number of nitrogens with zero attached hydrogens (tertiary/aromatic N) is 1. The van der Waals surface area contributed by atoms with Gasteiger partial charge in [0.1, 0.15) is 5.69 Å². The summed E-state index contributed by atoms with van der Waals surface area (Å²) in [6.45, 7) is 0. The maximum atomic E-state index is 11.2. The molecule has 0 bridgehead atoms. The van der Waals surface area contributed by atoms with Gasteiger partial charge in [-0.05, 0) is 26.7 Å². The first kappa shape index (κ1) is 11.1. The minimum atomic E-state index is 0.240. The Morgan fingerprint density at radius 2 is 1.45 bits per heavy atom. The van der Waals surface area contributed by atoms with Crippen molar-refractivity contribution in [3.63, 3.8) is 0 Å². The van der Waals surface area contributed by atoms with E-state index in [0.29, 0.717) is 5.69 Å². The second-order valence-corrected chi connectivity index (χ2v) is 4.80. The molecule has 0 spiro atoms. The van der Waals surface area contributed by atoms with Gasteiger partial charge in [-0.15, -0.1) is 4.91 Å². The number of rotatable bonds is 2. The maximum absolute atomic E-state index is 11.2. The quantitative estimate of drug-likeness (QED) is 0.310. The Balaban J connectivity index is 2.46. The third-order valence-electron chi connectivity index (χ3n) is 3.85. The SMILES string of the molecule is O=Nc1c(NO)c2cccc3ccc4cccc1c4c32. The highest BCUT2D eigenvalue weighted by Crippen LogP contribution is 2.45. The predicted octanol–water partition coefficient (Wildman–Crippen LogP) is 4.78. The van der Waals surface area contributed by atoms with Crippen molar-refractivity contribution in [2.75, 3.05) is 5.48 Å². The first-order valence-corrected chi connectivity index (χ1v) is 6.28. The van der Waals surface area contributed by atoms with Crippen molar-refractivity contribution in [3.8, 4) is 0 Å². The van der Waals surface area contributed by atoms with E-state index in [-0.39, 0.29) is 5.69 Å². The van der Waals surface area contributed by atoms with Gasteiger partial charge < -0.3 is 0 Å². The molecule has 0 atom stereocenters. The van der Waals surface area contributed by atoms with Crippen LogP contribution in [0.25, 0.3) is 32.3 Å². The maximum Gasteiger partial charge on any atom is 0.141 e. The summed E-state index contributed by atoms with van der Waals surface area (Å²) in [4.78, 5) is 11.2. The van der Waals surface area contributed by atoms with Crippen LogP contribution in [0.5, 0.6) is 0 Å². The molecule has 4 heteroatoms. The summed E-state index contributed by atoms with van der Waals surface area (Å²) in [6, 6.07) is 15.6. The van der Waals surface area contributed by atoms with E-state index in [0.717, 1.165) is 32.3 Å². The molecule has 4 aromatic rings. The van der Waals surface area contributed by atoms with Gasteiger partial charge in [-0.1, -0.05) is 48.5 Å². The van der Waals surface area contributed by atoms with Crippen LogP contribution in [-0.2, 0) is 0 Å². The van der Waals surface area contributed by atoms with Crippen LogP contribution in [-0.4, -0.2) is 5.21 Å². The lowest BCUT2D eigenvalue weighted by Crippen LogP contribution is -1.94. The van der Waals surface area contributed by atoms with Gasteiger partial charge in [0.15, 0.2) is 0 Å². The molecule has 4 aromatic carbocycles. The highest BCUT2D eigenvalue weighted by Gasteiger charge is 2.17. The van der Waals surface area contributed by atoms with E-state index in [1.165, 1.54) is 0 Å². The Bertz CT molecular complexity index is 963. The average molecular weight is 262 g/mol. The summed E-state index contributed by atoms with van der Waals surface area (Å²) in [5.74, 6) is 0. The van der Waals surface area contributed by atoms with Crippen LogP contribution >= 0.6 is 0 Å². The Morgan fingerprint density at radius 1 is 0.850 bits per heavy atom. The molecular formula is C16H10N2O2. The second kappa shape index (κ2) is 3.88.